The monoisotopic (exact) mass is 503 g/mol. The fourth-order valence-electron chi connectivity index (χ4n) is 5.59. The summed E-state index contributed by atoms with van der Waals surface area (Å²) in [5, 5.41) is 2.01. The summed E-state index contributed by atoms with van der Waals surface area (Å²) < 4.78 is 5.34. The van der Waals surface area contributed by atoms with Crippen LogP contribution in [0.4, 0.5) is 5.69 Å². The number of aryl methyl sites for hydroxylation is 2. The first-order valence-electron chi connectivity index (χ1n) is 12.5. The molecular formula is C29H33N3O3S. The Balaban J connectivity index is 1.45. The molecule has 1 fully saturated rings. The number of methoxy groups -OCH3 is 1. The summed E-state index contributed by atoms with van der Waals surface area (Å²) >= 11 is 1.60. The van der Waals surface area contributed by atoms with Crippen LogP contribution < -0.4 is 4.90 Å². The van der Waals surface area contributed by atoms with Crippen LogP contribution in [-0.2, 0) is 9.53 Å². The van der Waals surface area contributed by atoms with Crippen molar-refractivity contribution in [3.63, 3.8) is 0 Å². The Labute approximate surface area is 217 Å². The van der Waals surface area contributed by atoms with Crippen molar-refractivity contribution in [2.45, 2.75) is 25.8 Å². The van der Waals surface area contributed by atoms with E-state index in [0.717, 1.165) is 23.5 Å². The van der Waals surface area contributed by atoms with Crippen molar-refractivity contribution in [3.05, 3.63) is 87.1 Å². The van der Waals surface area contributed by atoms with Gasteiger partial charge in [-0.2, -0.15) is 0 Å². The van der Waals surface area contributed by atoms with Gasteiger partial charge in [0.25, 0.3) is 5.91 Å². The molecule has 188 valence electrons. The zero-order valence-corrected chi connectivity index (χ0v) is 22.0. The molecular weight excluding hydrogens is 470 g/mol. The second-order valence-electron chi connectivity index (χ2n) is 9.62. The van der Waals surface area contributed by atoms with Gasteiger partial charge in [-0.15, -0.1) is 11.3 Å². The summed E-state index contributed by atoms with van der Waals surface area (Å²) in [7, 11) is 1.64. The Hall–Kier alpha value is -3.16. The topological polar surface area (TPSA) is 53.1 Å². The molecule has 0 bridgehead atoms. The normalized spacial score (nSPS) is 20.0. The molecule has 0 unspecified atom stereocenters. The zero-order chi connectivity index (χ0) is 25.2. The molecule has 5 rings (SSSR count). The Bertz CT molecular complexity index is 1230. The lowest BCUT2D eigenvalue weighted by Gasteiger charge is -2.44. The third-order valence-corrected chi connectivity index (χ3v) is 8.30. The largest absolute Gasteiger partial charge is 0.383 e. The summed E-state index contributed by atoms with van der Waals surface area (Å²) in [4.78, 5) is 35.1. The first-order valence-corrected chi connectivity index (χ1v) is 13.4. The number of rotatable bonds is 6. The van der Waals surface area contributed by atoms with Crippen molar-refractivity contribution in [3.8, 4) is 0 Å². The van der Waals surface area contributed by atoms with E-state index in [-0.39, 0.29) is 17.9 Å². The van der Waals surface area contributed by atoms with E-state index >= 15 is 0 Å². The van der Waals surface area contributed by atoms with Gasteiger partial charge < -0.3 is 19.4 Å². The highest BCUT2D eigenvalue weighted by Gasteiger charge is 2.46. The molecule has 7 heteroatoms. The molecule has 0 radical (unpaired) electrons. The van der Waals surface area contributed by atoms with Crippen LogP contribution in [0.25, 0.3) is 0 Å². The summed E-state index contributed by atoms with van der Waals surface area (Å²) in [5.74, 6) is -0.386. The lowest BCUT2D eigenvalue weighted by molar-refractivity contribution is -0.135. The number of hydrogen-bond acceptors (Lipinski definition) is 5. The molecule has 2 amide bonds. The van der Waals surface area contributed by atoms with E-state index in [1.807, 2.05) is 51.6 Å². The number of anilines is 1. The second kappa shape index (κ2) is 10.4. The van der Waals surface area contributed by atoms with E-state index in [0.29, 0.717) is 31.8 Å². The number of nitrogens with zero attached hydrogens (tertiary/aromatic N) is 3. The van der Waals surface area contributed by atoms with Gasteiger partial charge in [-0.05, 0) is 48.6 Å². The number of piperazine rings is 1. The van der Waals surface area contributed by atoms with Crippen molar-refractivity contribution >= 4 is 28.8 Å². The van der Waals surface area contributed by atoms with E-state index < -0.39 is 5.92 Å². The summed E-state index contributed by atoms with van der Waals surface area (Å²) in [6, 6.07) is 17.8. The highest BCUT2D eigenvalue weighted by atomic mass is 32.1. The number of amides is 2. The number of ether oxygens (including phenoxy) is 1. The predicted octanol–water partition coefficient (Wildman–Crippen LogP) is 4.64. The molecule has 2 aliphatic rings. The number of thiophene rings is 1. The molecule has 6 nitrogen and oxygen atoms in total. The average Bonchev–Trinajstić information content (AvgIpc) is 3.42. The third-order valence-electron chi connectivity index (χ3n) is 7.36. The molecule has 2 aliphatic heterocycles. The molecule has 1 saturated heterocycles. The van der Waals surface area contributed by atoms with Crippen LogP contribution in [0.15, 0.2) is 60.0 Å². The van der Waals surface area contributed by atoms with Crippen LogP contribution in [0.5, 0.6) is 0 Å². The van der Waals surface area contributed by atoms with Crippen molar-refractivity contribution in [1.29, 1.82) is 0 Å². The fourth-order valence-corrected chi connectivity index (χ4v) is 6.47. The Kier molecular flexibility index (Phi) is 7.12. The maximum atomic E-state index is 14.2. The number of carbonyl (C=O) groups is 2. The minimum Gasteiger partial charge on any atom is -0.383 e. The van der Waals surface area contributed by atoms with E-state index in [1.165, 1.54) is 16.8 Å². The molecule has 2 aromatic carbocycles. The van der Waals surface area contributed by atoms with Crippen molar-refractivity contribution in [2.75, 3.05) is 51.3 Å². The zero-order valence-electron chi connectivity index (χ0n) is 21.1. The van der Waals surface area contributed by atoms with Crippen LogP contribution in [0.2, 0.25) is 0 Å². The Morgan fingerprint density at radius 3 is 2.50 bits per heavy atom. The summed E-state index contributed by atoms with van der Waals surface area (Å²) in [6.07, 6.45) is 0. The summed E-state index contributed by atoms with van der Waals surface area (Å²) in [6.45, 7) is 8.03. The average molecular weight is 504 g/mol. The first-order chi connectivity index (χ1) is 17.5. The van der Waals surface area contributed by atoms with Gasteiger partial charge in [-0.3, -0.25) is 9.59 Å². The van der Waals surface area contributed by atoms with Crippen LogP contribution in [-0.4, -0.2) is 68.1 Å². The third kappa shape index (κ3) is 4.53. The van der Waals surface area contributed by atoms with Crippen LogP contribution >= 0.6 is 11.3 Å². The van der Waals surface area contributed by atoms with E-state index in [9.17, 15) is 9.59 Å². The summed E-state index contributed by atoms with van der Waals surface area (Å²) in [5.41, 5.74) is 5.21. The molecule has 3 heterocycles. The van der Waals surface area contributed by atoms with E-state index in [4.69, 9.17) is 4.74 Å². The Morgan fingerprint density at radius 2 is 1.81 bits per heavy atom. The van der Waals surface area contributed by atoms with Gasteiger partial charge in [0.2, 0.25) is 5.91 Å². The maximum absolute atomic E-state index is 14.2. The van der Waals surface area contributed by atoms with Gasteiger partial charge in [0.1, 0.15) is 0 Å². The number of fused-ring (bicyclic) bond motifs is 1. The SMILES string of the molecule is COCCN1C(=O)c2ccccc2[C@@H](C(=O)N2CCN(c3ccc(C)cc3C)CC2)[C@@H]1c1cccs1. The lowest BCUT2D eigenvalue weighted by Crippen LogP contribution is -2.53. The van der Waals surface area contributed by atoms with Gasteiger partial charge in [0, 0.05) is 56.0 Å². The number of benzene rings is 2. The number of hydrogen-bond donors (Lipinski definition) is 0. The standard InChI is InChI=1S/C29H33N3O3S/c1-20-10-11-24(21(2)19-20)30-12-14-31(15-13-30)29(34)26-22-7-4-5-8-23(22)28(33)32(16-17-35-3)27(26)25-9-6-18-36-25/h4-11,18-19,26-27H,12-17H2,1-3H3/t26-,27+/m1/s1. The predicted molar refractivity (Wildman–Crippen MR) is 144 cm³/mol. The minimum absolute atomic E-state index is 0.0373. The lowest BCUT2D eigenvalue weighted by atomic mass is 9.81. The van der Waals surface area contributed by atoms with Crippen molar-refractivity contribution in [2.24, 2.45) is 0 Å². The van der Waals surface area contributed by atoms with Gasteiger partial charge in [0.15, 0.2) is 0 Å². The molecule has 3 aromatic rings. The molecule has 2 atom stereocenters. The van der Waals surface area contributed by atoms with E-state index in [2.05, 4.69) is 36.9 Å². The molecule has 36 heavy (non-hydrogen) atoms. The van der Waals surface area contributed by atoms with Crippen LogP contribution in [0.1, 0.15) is 43.9 Å². The highest BCUT2D eigenvalue weighted by Crippen LogP contribution is 2.45. The van der Waals surface area contributed by atoms with Crippen LogP contribution in [0.3, 0.4) is 0 Å². The molecule has 0 N–H and O–H groups in total. The highest BCUT2D eigenvalue weighted by molar-refractivity contribution is 7.10. The van der Waals surface area contributed by atoms with Gasteiger partial charge in [0.05, 0.1) is 18.6 Å². The second-order valence-corrected chi connectivity index (χ2v) is 10.6. The molecule has 0 aliphatic carbocycles. The number of carbonyl (C=O) groups excluding carboxylic acids is 2. The fraction of sp³-hybridized carbons (Fsp3) is 0.379. The van der Waals surface area contributed by atoms with Crippen LogP contribution in [0, 0.1) is 13.8 Å². The molecule has 1 aromatic heterocycles. The molecule has 0 spiro atoms. The van der Waals surface area contributed by atoms with E-state index in [1.54, 1.807) is 18.4 Å². The molecule has 0 saturated carbocycles. The van der Waals surface area contributed by atoms with Crippen molar-refractivity contribution < 1.29 is 14.3 Å². The smallest absolute Gasteiger partial charge is 0.254 e. The van der Waals surface area contributed by atoms with Crippen molar-refractivity contribution in [1.82, 2.24) is 9.80 Å². The van der Waals surface area contributed by atoms with Gasteiger partial charge >= 0.3 is 0 Å². The van der Waals surface area contributed by atoms with Gasteiger partial charge in [-0.1, -0.05) is 42.0 Å². The Morgan fingerprint density at radius 1 is 1.03 bits per heavy atom. The quantitative estimate of drug-likeness (QED) is 0.492. The van der Waals surface area contributed by atoms with Gasteiger partial charge in [-0.25, -0.2) is 0 Å². The maximum Gasteiger partial charge on any atom is 0.254 e. The first kappa shape index (κ1) is 24.5. The minimum atomic E-state index is -0.443.